The van der Waals surface area contributed by atoms with Crippen LogP contribution < -0.4 is 20.2 Å². The minimum atomic E-state index is -0.383. The normalized spacial score (nSPS) is 10.7. The molecule has 7 nitrogen and oxygen atoms in total. The highest BCUT2D eigenvalue weighted by atomic mass is 35.5. The van der Waals surface area contributed by atoms with Crippen LogP contribution >= 0.6 is 34.8 Å². The standard InChI is InChI=1S/C23H18Cl3N3O4/c1-32-21-10-14(12-27-29-23(31)15-3-5-16(24)6-4-15)2-9-20(21)33-13-22(30)28-17-7-8-18(25)19(26)11-17/h2-12H,13H2,1H3,(H,28,30)(H,29,31)/b27-12+. The van der Waals surface area contributed by atoms with Crippen LogP contribution in [0.3, 0.4) is 0 Å². The molecule has 0 saturated carbocycles. The van der Waals surface area contributed by atoms with Gasteiger partial charge in [0.15, 0.2) is 18.1 Å². The van der Waals surface area contributed by atoms with Gasteiger partial charge in [0, 0.05) is 16.3 Å². The molecule has 3 rings (SSSR count). The van der Waals surface area contributed by atoms with E-state index in [9.17, 15) is 9.59 Å². The molecular formula is C23H18Cl3N3O4. The Balaban J connectivity index is 1.56. The summed E-state index contributed by atoms with van der Waals surface area (Å²) in [6.07, 6.45) is 1.46. The van der Waals surface area contributed by atoms with Gasteiger partial charge in [-0.15, -0.1) is 0 Å². The lowest BCUT2D eigenvalue weighted by atomic mass is 10.2. The smallest absolute Gasteiger partial charge is 0.271 e. The highest BCUT2D eigenvalue weighted by Crippen LogP contribution is 2.28. The van der Waals surface area contributed by atoms with Gasteiger partial charge in [-0.1, -0.05) is 34.8 Å². The van der Waals surface area contributed by atoms with Crippen molar-refractivity contribution >= 4 is 58.5 Å². The van der Waals surface area contributed by atoms with Gasteiger partial charge in [-0.05, 0) is 66.2 Å². The number of ether oxygens (including phenoxy) is 2. The van der Waals surface area contributed by atoms with E-state index in [1.807, 2.05) is 0 Å². The molecule has 170 valence electrons. The van der Waals surface area contributed by atoms with Crippen molar-refractivity contribution in [2.24, 2.45) is 5.10 Å². The third-order valence-corrected chi connectivity index (χ3v) is 5.23. The van der Waals surface area contributed by atoms with Crippen molar-refractivity contribution in [1.29, 1.82) is 0 Å². The summed E-state index contributed by atoms with van der Waals surface area (Å²) in [5, 5.41) is 7.87. The van der Waals surface area contributed by atoms with Crippen molar-refractivity contribution < 1.29 is 19.1 Å². The molecule has 33 heavy (non-hydrogen) atoms. The van der Waals surface area contributed by atoms with Gasteiger partial charge in [-0.25, -0.2) is 5.43 Å². The number of nitrogens with one attached hydrogen (secondary N) is 2. The molecule has 0 atom stereocenters. The zero-order chi connectivity index (χ0) is 23.8. The summed E-state index contributed by atoms with van der Waals surface area (Å²) in [6, 6.07) is 16.2. The molecule has 0 spiro atoms. The van der Waals surface area contributed by atoms with Crippen LogP contribution in [0.25, 0.3) is 0 Å². The van der Waals surface area contributed by atoms with E-state index in [0.29, 0.717) is 43.4 Å². The zero-order valence-electron chi connectivity index (χ0n) is 17.3. The summed E-state index contributed by atoms with van der Waals surface area (Å²) < 4.78 is 10.9. The molecule has 2 N–H and O–H groups in total. The van der Waals surface area contributed by atoms with Crippen LogP contribution in [0.5, 0.6) is 11.5 Å². The Labute approximate surface area is 205 Å². The maximum absolute atomic E-state index is 12.2. The minimum Gasteiger partial charge on any atom is -0.493 e. The monoisotopic (exact) mass is 505 g/mol. The average Bonchev–Trinajstić information content (AvgIpc) is 2.80. The second-order valence-electron chi connectivity index (χ2n) is 6.58. The van der Waals surface area contributed by atoms with Crippen molar-refractivity contribution in [3.8, 4) is 11.5 Å². The van der Waals surface area contributed by atoms with Gasteiger partial charge in [-0.2, -0.15) is 5.10 Å². The molecule has 0 heterocycles. The average molecular weight is 507 g/mol. The number of methoxy groups -OCH3 is 1. The molecule has 10 heteroatoms. The first-order valence-corrected chi connectivity index (χ1v) is 10.6. The van der Waals surface area contributed by atoms with Gasteiger partial charge < -0.3 is 14.8 Å². The van der Waals surface area contributed by atoms with Gasteiger partial charge in [0.25, 0.3) is 11.8 Å². The van der Waals surface area contributed by atoms with Crippen LogP contribution in [0.2, 0.25) is 15.1 Å². The number of halogens is 3. The number of carbonyl (C=O) groups is 2. The van der Waals surface area contributed by atoms with E-state index in [1.54, 1.807) is 60.7 Å². The number of hydrazone groups is 1. The van der Waals surface area contributed by atoms with E-state index >= 15 is 0 Å². The van der Waals surface area contributed by atoms with Crippen molar-refractivity contribution in [1.82, 2.24) is 5.43 Å². The summed E-state index contributed by atoms with van der Waals surface area (Å²) in [7, 11) is 1.47. The third-order valence-electron chi connectivity index (χ3n) is 4.24. The topological polar surface area (TPSA) is 89.0 Å². The van der Waals surface area contributed by atoms with Gasteiger partial charge in [0.05, 0.1) is 23.4 Å². The maximum Gasteiger partial charge on any atom is 0.271 e. The molecule has 3 aromatic rings. The van der Waals surface area contributed by atoms with E-state index < -0.39 is 0 Å². The Hall–Kier alpha value is -3.26. The number of hydrogen-bond acceptors (Lipinski definition) is 5. The summed E-state index contributed by atoms with van der Waals surface area (Å²) in [6.45, 7) is -0.249. The Morgan fingerprint density at radius 2 is 1.70 bits per heavy atom. The summed E-state index contributed by atoms with van der Waals surface area (Å²) in [5.41, 5.74) is 4.01. The molecule has 0 saturated heterocycles. The van der Waals surface area contributed by atoms with Crippen molar-refractivity contribution in [3.63, 3.8) is 0 Å². The van der Waals surface area contributed by atoms with E-state index in [1.165, 1.54) is 13.3 Å². The molecule has 0 aliphatic heterocycles. The Morgan fingerprint density at radius 3 is 2.39 bits per heavy atom. The summed E-state index contributed by atoms with van der Waals surface area (Å²) >= 11 is 17.6. The van der Waals surface area contributed by atoms with Crippen LogP contribution in [-0.2, 0) is 4.79 Å². The number of carbonyl (C=O) groups excluding carboxylic acids is 2. The molecule has 0 aliphatic rings. The highest BCUT2D eigenvalue weighted by molar-refractivity contribution is 6.42. The van der Waals surface area contributed by atoms with Gasteiger partial charge >= 0.3 is 0 Å². The fourth-order valence-electron chi connectivity index (χ4n) is 2.63. The van der Waals surface area contributed by atoms with E-state index in [0.717, 1.165) is 0 Å². The van der Waals surface area contributed by atoms with Crippen LogP contribution in [0, 0.1) is 0 Å². The SMILES string of the molecule is COc1cc(/C=N/NC(=O)c2ccc(Cl)cc2)ccc1OCC(=O)Nc1ccc(Cl)c(Cl)c1. The van der Waals surface area contributed by atoms with E-state index in [-0.39, 0.29) is 18.4 Å². The van der Waals surface area contributed by atoms with Gasteiger partial charge in [-0.3, -0.25) is 9.59 Å². The van der Waals surface area contributed by atoms with Crippen molar-refractivity contribution in [2.45, 2.75) is 0 Å². The Bertz CT molecular complexity index is 1180. The molecule has 0 unspecified atom stereocenters. The molecule has 0 aromatic heterocycles. The lowest BCUT2D eigenvalue weighted by Crippen LogP contribution is -2.20. The van der Waals surface area contributed by atoms with Crippen molar-refractivity contribution in [2.75, 3.05) is 19.0 Å². The van der Waals surface area contributed by atoms with Gasteiger partial charge in [0.2, 0.25) is 0 Å². The fourth-order valence-corrected chi connectivity index (χ4v) is 3.05. The van der Waals surface area contributed by atoms with Gasteiger partial charge in [0.1, 0.15) is 0 Å². The number of amides is 2. The molecule has 3 aromatic carbocycles. The minimum absolute atomic E-state index is 0.249. The van der Waals surface area contributed by atoms with Crippen LogP contribution in [-0.4, -0.2) is 31.7 Å². The second-order valence-corrected chi connectivity index (χ2v) is 7.83. The van der Waals surface area contributed by atoms with E-state index in [4.69, 9.17) is 44.3 Å². The first-order valence-electron chi connectivity index (χ1n) is 9.50. The quantitative estimate of drug-likeness (QED) is 0.315. The molecule has 0 radical (unpaired) electrons. The highest BCUT2D eigenvalue weighted by Gasteiger charge is 2.10. The number of nitrogens with zero attached hydrogens (tertiary/aromatic N) is 1. The maximum atomic E-state index is 12.2. The predicted molar refractivity (Wildman–Crippen MR) is 130 cm³/mol. The molecule has 0 aliphatic carbocycles. The van der Waals surface area contributed by atoms with Crippen molar-refractivity contribution in [3.05, 3.63) is 86.9 Å². The van der Waals surface area contributed by atoms with Crippen LogP contribution in [0.4, 0.5) is 5.69 Å². The fraction of sp³-hybridized carbons (Fsp3) is 0.0870. The van der Waals surface area contributed by atoms with Crippen LogP contribution in [0.1, 0.15) is 15.9 Å². The molecule has 2 amide bonds. The molecule has 0 fully saturated rings. The summed E-state index contributed by atoms with van der Waals surface area (Å²) in [4.78, 5) is 24.2. The molecular weight excluding hydrogens is 489 g/mol. The lowest BCUT2D eigenvalue weighted by molar-refractivity contribution is -0.118. The Kier molecular flexibility index (Phi) is 8.54. The summed E-state index contributed by atoms with van der Waals surface area (Å²) in [5.74, 6) is 0.00303. The zero-order valence-corrected chi connectivity index (χ0v) is 19.5. The first-order chi connectivity index (χ1) is 15.9. The number of benzene rings is 3. The number of rotatable bonds is 8. The van der Waals surface area contributed by atoms with Crippen LogP contribution in [0.15, 0.2) is 65.8 Å². The first kappa shape index (κ1) is 24.4. The lowest BCUT2D eigenvalue weighted by Gasteiger charge is -2.11. The Morgan fingerprint density at radius 1 is 0.939 bits per heavy atom. The second kappa shape index (κ2) is 11.6. The number of hydrogen-bond donors (Lipinski definition) is 2. The predicted octanol–water partition coefficient (Wildman–Crippen LogP) is 5.44. The van der Waals surface area contributed by atoms with E-state index in [2.05, 4.69) is 15.8 Å². The largest absolute Gasteiger partial charge is 0.493 e. The third kappa shape index (κ3) is 7.12. The number of anilines is 1. The molecule has 0 bridgehead atoms.